The molecule has 4 nitrogen and oxygen atoms in total. The molecule has 0 spiro atoms. The van der Waals surface area contributed by atoms with Crippen molar-refractivity contribution in [2.24, 2.45) is 41.2 Å². The quantitative estimate of drug-likeness (QED) is 0.155. The Balaban J connectivity index is 1.60. The Kier molecular flexibility index (Phi) is 16.6. The summed E-state index contributed by atoms with van der Waals surface area (Å²) in [7, 11) is 3.98. The van der Waals surface area contributed by atoms with E-state index in [2.05, 4.69) is 66.7 Å². The summed E-state index contributed by atoms with van der Waals surface area (Å²) in [5.74, 6) is 2.32. The Morgan fingerprint density at radius 1 is 0.870 bits per heavy atom. The first-order valence-corrected chi connectivity index (χ1v) is 20.6. The van der Waals surface area contributed by atoms with Crippen LogP contribution in [0.4, 0.5) is 0 Å². The van der Waals surface area contributed by atoms with E-state index in [-0.39, 0.29) is 11.8 Å². The number of hydrogen-bond donors (Lipinski definition) is 3. The molecule has 0 aromatic heterocycles. The number of carboxylic acids is 1. The third-order valence-corrected chi connectivity index (χ3v) is 13.3. The van der Waals surface area contributed by atoms with E-state index in [4.69, 9.17) is 5.73 Å². The lowest BCUT2D eigenvalue weighted by atomic mass is 9.71. The van der Waals surface area contributed by atoms with Crippen molar-refractivity contribution >= 4 is 27.6 Å². The normalized spacial score (nSPS) is 25.4. The molecule has 6 atom stereocenters. The van der Waals surface area contributed by atoms with Crippen LogP contribution in [0.3, 0.4) is 0 Å². The molecule has 1 saturated carbocycles. The largest absolute Gasteiger partial charge is 0.481 e. The van der Waals surface area contributed by atoms with Crippen LogP contribution in [0.25, 0.3) is 0 Å². The molecule has 6 heteroatoms. The maximum Gasteiger partial charge on any atom is 0.309 e. The Labute approximate surface area is 287 Å². The number of rotatable bonds is 12. The van der Waals surface area contributed by atoms with Gasteiger partial charge in [0.2, 0.25) is 0 Å². The summed E-state index contributed by atoms with van der Waals surface area (Å²) in [6.45, 7) is 2.19. The van der Waals surface area contributed by atoms with Crippen molar-refractivity contribution in [2.45, 2.75) is 109 Å². The second kappa shape index (κ2) is 20.6. The van der Waals surface area contributed by atoms with Crippen LogP contribution in [-0.2, 0) is 23.4 Å². The molecule has 2 aromatic rings. The van der Waals surface area contributed by atoms with E-state index in [9.17, 15) is 15.0 Å². The van der Waals surface area contributed by atoms with Crippen LogP contribution >= 0.6 is 21.6 Å². The lowest BCUT2D eigenvalue weighted by molar-refractivity contribution is -0.149. The van der Waals surface area contributed by atoms with Gasteiger partial charge in [-0.1, -0.05) is 120 Å². The molecule has 0 unspecified atom stereocenters. The van der Waals surface area contributed by atoms with Crippen molar-refractivity contribution in [1.82, 2.24) is 0 Å². The predicted molar refractivity (Wildman–Crippen MR) is 198 cm³/mol. The summed E-state index contributed by atoms with van der Waals surface area (Å²) in [4.78, 5) is 12.6. The second-order valence-corrected chi connectivity index (χ2v) is 16.5. The van der Waals surface area contributed by atoms with Gasteiger partial charge < -0.3 is 15.9 Å². The van der Waals surface area contributed by atoms with Crippen LogP contribution in [0.2, 0.25) is 0 Å². The van der Waals surface area contributed by atoms with Crippen molar-refractivity contribution in [2.75, 3.05) is 12.3 Å². The minimum Gasteiger partial charge on any atom is -0.481 e. The van der Waals surface area contributed by atoms with Gasteiger partial charge in [-0.15, -0.1) is 0 Å². The van der Waals surface area contributed by atoms with Crippen LogP contribution < -0.4 is 5.73 Å². The smallest absolute Gasteiger partial charge is 0.309 e. The molecule has 46 heavy (non-hydrogen) atoms. The number of aliphatic carboxylic acids is 1. The maximum atomic E-state index is 12.6. The number of carboxylic acid groups (broad SMARTS) is 1. The molecule has 0 bridgehead atoms. The van der Waals surface area contributed by atoms with E-state index in [1.807, 2.05) is 21.6 Å². The van der Waals surface area contributed by atoms with E-state index in [1.165, 1.54) is 61.6 Å². The third-order valence-electron chi connectivity index (χ3n) is 10.8. The molecule has 1 aliphatic heterocycles. The van der Waals surface area contributed by atoms with Crippen LogP contribution in [0.5, 0.6) is 0 Å². The molecule has 0 amide bonds. The van der Waals surface area contributed by atoms with Gasteiger partial charge in [-0.3, -0.25) is 4.79 Å². The van der Waals surface area contributed by atoms with Crippen LogP contribution in [0, 0.1) is 35.5 Å². The van der Waals surface area contributed by atoms with Crippen molar-refractivity contribution in [1.29, 1.82) is 0 Å². The number of allylic oxidation sites excluding steroid dienone is 2. The lowest BCUT2D eigenvalue weighted by Crippen LogP contribution is -2.38. The fourth-order valence-electron chi connectivity index (χ4n) is 8.20. The third kappa shape index (κ3) is 12.1. The summed E-state index contributed by atoms with van der Waals surface area (Å²) in [5, 5.41) is 21.1. The summed E-state index contributed by atoms with van der Waals surface area (Å²) < 4.78 is 0. The van der Waals surface area contributed by atoms with E-state index in [0.717, 1.165) is 62.4 Å². The summed E-state index contributed by atoms with van der Waals surface area (Å²) >= 11 is 0. The number of carbonyl (C=O) groups is 1. The highest BCUT2D eigenvalue weighted by Crippen LogP contribution is 2.40. The molecule has 0 radical (unpaired) electrons. The summed E-state index contributed by atoms with van der Waals surface area (Å²) in [5.41, 5.74) is 10.3. The number of aryl methyl sites for hydroxylation is 1. The number of fused-ring (bicyclic) bond motifs is 1. The Morgan fingerprint density at radius 2 is 1.59 bits per heavy atom. The molecule has 4 rings (SSSR count). The van der Waals surface area contributed by atoms with Gasteiger partial charge in [0.1, 0.15) is 0 Å². The van der Waals surface area contributed by atoms with Gasteiger partial charge in [0.15, 0.2) is 0 Å². The zero-order chi connectivity index (χ0) is 32.6. The zero-order valence-corrected chi connectivity index (χ0v) is 29.7. The first-order valence-electron chi connectivity index (χ1n) is 18.1. The fourth-order valence-corrected chi connectivity index (χ4v) is 10.8. The second-order valence-electron chi connectivity index (χ2n) is 14.0. The van der Waals surface area contributed by atoms with Crippen LogP contribution in [-0.4, -0.2) is 34.6 Å². The molecule has 1 fully saturated rings. The van der Waals surface area contributed by atoms with Crippen LogP contribution in [0.15, 0.2) is 66.7 Å². The van der Waals surface area contributed by atoms with Crippen LogP contribution in [0.1, 0.15) is 101 Å². The number of aliphatic hydroxyl groups is 1. The lowest BCUT2D eigenvalue weighted by Gasteiger charge is -2.35. The number of nitrogens with two attached hydrogens (primary N) is 1. The first-order chi connectivity index (χ1) is 22.5. The standard InChI is InChI=1S/C40H59NO3S2/c1-30(42)39(40(43)44)38-24-23-33-19-11-12-20-36(33)28-45-46-29-37(27-32-16-8-3-9-17-32)34(21-22-35(38)25-26-41)18-10-4-7-15-31-13-5-2-6-14-31/h3-4,8-12,16-17,19-20,30-31,34-35,37-39,42H,2,5-7,13-15,18,21-29,41H2,1H3,(H,43,44)/b10-4-/t30-,34-,35+,37-,38-,39-/m0/s1. The average molecular weight is 666 g/mol. The van der Waals surface area contributed by atoms with Gasteiger partial charge in [-0.2, -0.15) is 0 Å². The van der Waals surface area contributed by atoms with Gasteiger partial charge in [0, 0.05) is 11.5 Å². The van der Waals surface area contributed by atoms with E-state index < -0.39 is 18.0 Å². The minimum atomic E-state index is -0.905. The van der Waals surface area contributed by atoms with Gasteiger partial charge >= 0.3 is 5.97 Å². The SMILES string of the molecule is C[C@H](O)[C@H](C(=O)O)[C@H]1CCc2ccccc2CSSC[C@H](Cc2ccccc2)[C@@H](C/C=C\CCC2CCCCC2)CC[C@@H]1CCN. The number of benzene rings is 2. The molecule has 2 aliphatic rings. The van der Waals surface area contributed by atoms with Crippen molar-refractivity contribution in [3.05, 3.63) is 83.4 Å². The monoisotopic (exact) mass is 665 g/mol. The highest BCUT2D eigenvalue weighted by Gasteiger charge is 2.37. The van der Waals surface area contributed by atoms with Gasteiger partial charge in [0.25, 0.3) is 0 Å². The zero-order valence-electron chi connectivity index (χ0n) is 28.1. The topological polar surface area (TPSA) is 83.5 Å². The molecule has 4 N–H and O–H groups in total. The van der Waals surface area contributed by atoms with E-state index in [0.29, 0.717) is 18.4 Å². The number of hydrogen-bond acceptors (Lipinski definition) is 5. The summed E-state index contributed by atoms with van der Waals surface area (Å²) in [6, 6.07) is 19.6. The van der Waals surface area contributed by atoms with Crippen molar-refractivity contribution in [3.8, 4) is 0 Å². The predicted octanol–water partition coefficient (Wildman–Crippen LogP) is 9.74. The average Bonchev–Trinajstić information content (AvgIpc) is 3.06. The molecular weight excluding hydrogens is 607 g/mol. The maximum absolute atomic E-state index is 12.6. The number of aliphatic hydroxyl groups excluding tert-OH is 1. The minimum absolute atomic E-state index is 0.127. The highest BCUT2D eigenvalue weighted by atomic mass is 33.1. The van der Waals surface area contributed by atoms with Crippen molar-refractivity contribution < 1.29 is 15.0 Å². The van der Waals surface area contributed by atoms with Gasteiger partial charge in [0.05, 0.1) is 12.0 Å². The first kappa shape index (κ1) is 37.1. The van der Waals surface area contributed by atoms with E-state index >= 15 is 0 Å². The van der Waals surface area contributed by atoms with Gasteiger partial charge in [-0.05, 0) is 118 Å². The molecule has 254 valence electrons. The Bertz CT molecular complexity index is 1170. The Morgan fingerprint density at radius 3 is 2.30 bits per heavy atom. The van der Waals surface area contributed by atoms with Gasteiger partial charge in [-0.25, -0.2) is 0 Å². The fraction of sp³-hybridized carbons (Fsp3) is 0.625. The molecule has 1 heterocycles. The van der Waals surface area contributed by atoms with E-state index in [1.54, 1.807) is 6.92 Å². The highest BCUT2D eigenvalue weighted by molar-refractivity contribution is 8.76. The van der Waals surface area contributed by atoms with Crippen molar-refractivity contribution in [3.63, 3.8) is 0 Å². The molecule has 1 aliphatic carbocycles. The molecule has 0 saturated heterocycles. The molecular formula is C40H59NO3S2. The Hall–Kier alpha value is -1.73. The summed E-state index contributed by atoms with van der Waals surface area (Å²) in [6.07, 6.45) is 20.0. The molecule has 2 aromatic carbocycles.